The Bertz CT molecular complexity index is 307. The van der Waals surface area contributed by atoms with E-state index in [4.69, 9.17) is 12.2 Å². The van der Waals surface area contributed by atoms with Crippen LogP contribution in [0.2, 0.25) is 0 Å². The van der Waals surface area contributed by atoms with E-state index in [-0.39, 0.29) is 0 Å². The molecular weight excluding hydrogens is 252 g/mol. The van der Waals surface area contributed by atoms with Crippen molar-refractivity contribution in [3.8, 4) is 0 Å². The first-order valence-corrected chi connectivity index (χ1v) is 8.74. The minimum Gasteiger partial charge on any atom is -0.360 e. The third kappa shape index (κ3) is 3.24. The zero-order valence-corrected chi connectivity index (χ0v) is 12.9. The lowest BCUT2D eigenvalue weighted by Crippen LogP contribution is -2.49. The van der Waals surface area contributed by atoms with Crippen LogP contribution in [0.1, 0.15) is 70.6 Å². The molecule has 108 valence electrons. The molecule has 1 spiro atoms. The number of thiocarbonyl (C=S) groups is 1. The average Bonchev–Trinajstić information content (AvgIpc) is 2.89. The molecule has 0 unspecified atom stereocenters. The number of hydrogen-bond acceptors (Lipinski definition) is 1. The molecule has 0 aromatic heterocycles. The summed E-state index contributed by atoms with van der Waals surface area (Å²) in [7, 11) is 0. The molecule has 3 fully saturated rings. The van der Waals surface area contributed by atoms with Gasteiger partial charge in [-0.25, -0.2) is 0 Å². The molecule has 1 aliphatic heterocycles. The third-order valence-electron chi connectivity index (χ3n) is 5.71. The summed E-state index contributed by atoms with van der Waals surface area (Å²) in [4.78, 5) is 2.44. The van der Waals surface area contributed by atoms with Crippen molar-refractivity contribution in [2.24, 2.45) is 5.41 Å². The molecule has 3 aliphatic rings. The average molecular weight is 280 g/mol. The van der Waals surface area contributed by atoms with Gasteiger partial charge >= 0.3 is 0 Å². The molecule has 1 saturated heterocycles. The first-order chi connectivity index (χ1) is 9.27. The summed E-state index contributed by atoms with van der Waals surface area (Å²) in [6.45, 7) is 2.39. The fourth-order valence-corrected chi connectivity index (χ4v) is 4.67. The van der Waals surface area contributed by atoms with Crippen molar-refractivity contribution < 1.29 is 0 Å². The molecule has 0 atom stereocenters. The molecule has 2 aliphatic carbocycles. The van der Waals surface area contributed by atoms with E-state index in [0.717, 1.165) is 5.11 Å². The van der Waals surface area contributed by atoms with E-state index in [1.165, 1.54) is 83.7 Å². The summed E-state index contributed by atoms with van der Waals surface area (Å²) < 4.78 is 0. The largest absolute Gasteiger partial charge is 0.360 e. The molecule has 0 aromatic carbocycles. The van der Waals surface area contributed by atoms with Gasteiger partial charge in [0.15, 0.2) is 5.11 Å². The summed E-state index contributed by atoms with van der Waals surface area (Å²) in [5.74, 6) is 0. The summed E-state index contributed by atoms with van der Waals surface area (Å²) >= 11 is 5.63. The monoisotopic (exact) mass is 280 g/mol. The van der Waals surface area contributed by atoms with Gasteiger partial charge in [-0.05, 0) is 56.2 Å². The predicted octanol–water partition coefficient (Wildman–Crippen LogP) is 3.85. The summed E-state index contributed by atoms with van der Waals surface area (Å²) in [5, 5.41) is 4.67. The van der Waals surface area contributed by atoms with Gasteiger partial charge in [0.05, 0.1) is 0 Å². The second kappa shape index (κ2) is 5.99. The summed E-state index contributed by atoms with van der Waals surface area (Å²) in [5.41, 5.74) is 0.705. The second-order valence-corrected chi connectivity index (χ2v) is 7.37. The number of piperidine rings is 1. The Balaban J connectivity index is 1.46. The standard InChI is InChI=1S/C16H28N2S/c19-15(17-14-6-2-1-3-7-14)18-12-10-16(11-13-18)8-4-5-9-16/h14H,1-13H2,(H,17,19). The highest BCUT2D eigenvalue weighted by molar-refractivity contribution is 7.80. The fraction of sp³-hybridized carbons (Fsp3) is 0.938. The van der Waals surface area contributed by atoms with E-state index < -0.39 is 0 Å². The minimum absolute atomic E-state index is 0.656. The van der Waals surface area contributed by atoms with Crippen LogP contribution in [-0.4, -0.2) is 29.1 Å². The summed E-state index contributed by atoms with van der Waals surface area (Å²) in [6, 6.07) is 0.656. The molecule has 2 saturated carbocycles. The molecule has 1 heterocycles. The molecule has 0 amide bonds. The molecule has 0 bridgehead atoms. The highest BCUT2D eigenvalue weighted by Crippen LogP contribution is 2.46. The Labute approximate surface area is 123 Å². The first kappa shape index (κ1) is 13.7. The van der Waals surface area contributed by atoms with Gasteiger partial charge < -0.3 is 10.2 Å². The Morgan fingerprint density at radius 3 is 2.16 bits per heavy atom. The molecule has 1 N–H and O–H groups in total. The van der Waals surface area contributed by atoms with Crippen LogP contribution >= 0.6 is 12.2 Å². The number of hydrogen-bond donors (Lipinski definition) is 1. The third-order valence-corrected chi connectivity index (χ3v) is 6.08. The number of likely N-dealkylation sites (tertiary alicyclic amines) is 1. The van der Waals surface area contributed by atoms with Crippen molar-refractivity contribution in [2.45, 2.75) is 76.7 Å². The van der Waals surface area contributed by atoms with Crippen molar-refractivity contribution in [3.05, 3.63) is 0 Å². The van der Waals surface area contributed by atoms with E-state index in [9.17, 15) is 0 Å². The van der Waals surface area contributed by atoms with Crippen LogP contribution in [0.4, 0.5) is 0 Å². The van der Waals surface area contributed by atoms with E-state index in [1.807, 2.05) is 0 Å². The SMILES string of the molecule is S=C(NC1CCCCC1)N1CCC2(CCCC2)CC1. The van der Waals surface area contributed by atoms with Gasteiger partial charge in [0.2, 0.25) is 0 Å². The second-order valence-electron chi connectivity index (χ2n) is 6.98. The molecule has 19 heavy (non-hydrogen) atoms. The van der Waals surface area contributed by atoms with E-state index in [2.05, 4.69) is 10.2 Å². The maximum absolute atomic E-state index is 5.63. The van der Waals surface area contributed by atoms with Gasteiger partial charge in [-0.15, -0.1) is 0 Å². The van der Waals surface area contributed by atoms with Crippen LogP contribution in [0.15, 0.2) is 0 Å². The normalized spacial score (nSPS) is 27.7. The maximum atomic E-state index is 5.63. The molecule has 0 radical (unpaired) electrons. The zero-order chi connectivity index (χ0) is 13.1. The molecule has 3 rings (SSSR count). The molecule has 2 nitrogen and oxygen atoms in total. The summed E-state index contributed by atoms with van der Waals surface area (Å²) in [6.07, 6.45) is 15.4. The van der Waals surface area contributed by atoms with Crippen LogP contribution in [0.5, 0.6) is 0 Å². The highest BCUT2D eigenvalue weighted by Gasteiger charge is 2.37. The Morgan fingerprint density at radius 1 is 0.895 bits per heavy atom. The molecular formula is C16H28N2S. The van der Waals surface area contributed by atoms with Crippen LogP contribution in [-0.2, 0) is 0 Å². The van der Waals surface area contributed by atoms with Gasteiger partial charge in [0.1, 0.15) is 0 Å². The molecule has 3 heteroatoms. The van der Waals surface area contributed by atoms with Crippen LogP contribution in [0, 0.1) is 5.41 Å². The van der Waals surface area contributed by atoms with Crippen LogP contribution in [0.3, 0.4) is 0 Å². The minimum atomic E-state index is 0.656. The van der Waals surface area contributed by atoms with Gasteiger partial charge in [0, 0.05) is 19.1 Å². The van der Waals surface area contributed by atoms with Gasteiger partial charge in [-0.2, -0.15) is 0 Å². The van der Waals surface area contributed by atoms with E-state index in [1.54, 1.807) is 0 Å². The van der Waals surface area contributed by atoms with E-state index in [0.29, 0.717) is 11.5 Å². The lowest BCUT2D eigenvalue weighted by atomic mass is 9.77. The fourth-order valence-electron chi connectivity index (χ4n) is 4.32. The Hall–Kier alpha value is -0.310. The highest BCUT2D eigenvalue weighted by atomic mass is 32.1. The van der Waals surface area contributed by atoms with Gasteiger partial charge in [-0.1, -0.05) is 32.1 Å². The Morgan fingerprint density at radius 2 is 1.53 bits per heavy atom. The van der Waals surface area contributed by atoms with Crippen LogP contribution in [0.25, 0.3) is 0 Å². The number of nitrogens with zero attached hydrogens (tertiary/aromatic N) is 1. The number of nitrogens with one attached hydrogen (secondary N) is 1. The van der Waals surface area contributed by atoms with Gasteiger partial charge in [0.25, 0.3) is 0 Å². The van der Waals surface area contributed by atoms with Crippen molar-refractivity contribution in [1.29, 1.82) is 0 Å². The smallest absolute Gasteiger partial charge is 0.169 e. The topological polar surface area (TPSA) is 15.3 Å². The van der Waals surface area contributed by atoms with Crippen molar-refractivity contribution in [3.63, 3.8) is 0 Å². The lowest BCUT2D eigenvalue weighted by Gasteiger charge is -2.41. The van der Waals surface area contributed by atoms with Crippen molar-refractivity contribution >= 4 is 17.3 Å². The lowest BCUT2D eigenvalue weighted by molar-refractivity contribution is 0.152. The number of rotatable bonds is 1. The van der Waals surface area contributed by atoms with Crippen molar-refractivity contribution in [2.75, 3.05) is 13.1 Å². The first-order valence-electron chi connectivity index (χ1n) is 8.33. The van der Waals surface area contributed by atoms with Crippen molar-refractivity contribution in [1.82, 2.24) is 10.2 Å². The maximum Gasteiger partial charge on any atom is 0.169 e. The van der Waals surface area contributed by atoms with Gasteiger partial charge in [-0.3, -0.25) is 0 Å². The Kier molecular flexibility index (Phi) is 4.30. The van der Waals surface area contributed by atoms with E-state index >= 15 is 0 Å². The predicted molar refractivity (Wildman–Crippen MR) is 84.3 cm³/mol. The van der Waals surface area contributed by atoms with Crippen LogP contribution < -0.4 is 5.32 Å². The quantitative estimate of drug-likeness (QED) is 0.735. The zero-order valence-electron chi connectivity index (χ0n) is 12.1. The molecule has 0 aromatic rings.